The van der Waals surface area contributed by atoms with Crippen molar-refractivity contribution in [1.29, 1.82) is 0 Å². The van der Waals surface area contributed by atoms with E-state index in [4.69, 9.17) is 19.2 Å². The molecule has 0 saturated heterocycles. The van der Waals surface area contributed by atoms with Gasteiger partial charge in [0.15, 0.2) is 0 Å². The molecule has 42 valence electrons. The SMILES string of the molecule is O.[Ca+2].[Ca+2].[Ca].[O-][Si]([O-])([O-])[O-]. The van der Waals surface area contributed by atoms with Crippen molar-refractivity contribution in [2.75, 3.05) is 0 Å². The Kier molecular flexibility index (Phi) is 46.6. The third-order valence-corrected chi connectivity index (χ3v) is 0. The summed E-state index contributed by atoms with van der Waals surface area (Å²) in [6.45, 7) is 0. The Labute approximate surface area is 143 Å². The van der Waals surface area contributed by atoms with Crippen LogP contribution in [0.3, 0.4) is 0 Å². The van der Waals surface area contributed by atoms with Gasteiger partial charge in [0.25, 0.3) is 0 Å². The minimum absolute atomic E-state index is 0. The average molecular weight is 230 g/mol. The van der Waals surface area contributed by atoms with Crippen molar-refractivity contribution < 1.29 is 24.7 Å². The van der Waals surface area contributed by atoms with E-state index in [1.54, 1.807) is 0 Å². The van der Waals surface area contributed by atoms with Crippen molar-refractivity contribution in [3.05, 3.63) is 0 Å². The monoisotopic (exact) mass is 230 g/mol. The molecule has 0 amide bonds. The van der Waals surface area contributed by atoms with E-state index in [-0.39, 0.29) is 119 Å². The molecule has 0 heterocycles. The largest absolute Gasteiger partial charge is 2.00 e. The summed E-state index contributed by atoms with van der Waals surface area (Å²) in [5, 5.41) is 0. The van der Waals surface area contributed by atoms with Crippen LogP contribution in [0.5, 0.6) is 0 Å². The molecule has 0 fully saturated rings. The van der Waals surface area contributed by atoms with Gasteiger partial charge >= 0.3 is 75.5 Å². The van der Waals surface area contributed by atoms with Crippen molar-refractivity contribution >= 4 is 122 Å². The molecule has 2 radical (unpaired) electrons. The Morgan fingerprint density at radius 2 is 0.778 bits per heavy atom. The van der Waals surface area contributed by atoms with E-state index < -0.39 is 9.05 Å². The van der Waals surface area contributed by atoms with Crippen molar-refractivity contribution in [2.45, 2.75) is 0 Å². The number of rotatable bonds is 0. The fourth-order valence-corrected chi connectivity index (χ4v) is 0. The van der Waals surface area contributed by atoms with Crippen LogP contribution >= 0.6 is 0 Å². The second kappa shape index (κ2) is 14.3. The van der Waals surface area contributed by atoms with Gasteiger partial charge in [0.2, 0.25) is 0 Å². The topological polar surface area (TPSA) is 124 Å². The fraction of sp³-hybridized carbons (Fsp3) is 0. The zero-order valence-electron chi connectivity index (χ0n) is 4.75. The zero-order chi connectivity index (χ0) is 4.50. The van der Waals surface area contributed by atoms with Crippen molar-refractivity contribution in [3.8, 4) is 0 Å². The summed E-state index contributed by atoms with van der Waals surface area (Å²) in [5.74, 6) is 0. The second-order valence-electron chi connectivity index (χ2n) is 0.500. The van der Waals surface area contributed by atoms with Crippen LogP contribution in [0.25, 0.3) is 0 Å². The molecule has 0 aromatic heterocycles. The van der Waals surface area contributed by atoms with Gasteiger partial charge in [0.05, 0.1) is 0 Å². The molecule has 0 spiro atoms. The van der Waals surface area contributed by atoms with Crippen LogP contribution in [0.2, 0.25) is 0 Å². The molecule has 0 atom stereocenters. The summed E-state index contributed by atoms with van der Waals surface area (Å²) in [7, 11) is -5.61. The minimum Gasteiger partial charge on any atom is -0.894 e. The van der Waals surface area contributed by atoms with Gasteiger partial charge < -0.3 is 33.7 Å². The molecule has 2 N–H and O–H groups in total. The fourth-order valence-electron chi connectivity index (χ4n) is 0. The van der Waals surface area contributed by atoms with Gasteiger partial charge in [-0.05, 0) is 0 Å². The van der Waals surface area contributed by atoms with E-state index in [9.17, 15) is 0 Å². The summed E-state index contributed by atoms with van der Waals surface area (Å²) in [6.07, 6.45) is 0. The second-order valence-corrected chi connectivity index (χ2v) is 1.50. The van der Waals surface area contributed by atoms with Crippen LogP contribution in [0.1, 0.15) is 0 Å². The molecular formula is H2Ca3O5Si. The van der Waals surface area contributed by atoms with Crippen LogP contribution in [0.4, 0.5) is 0 Å². The summed E-state index contributed by atoms with van der Waals surface area (Å²) in [6, 6.07) is 0. The van der Waals surface area contributed by atoms with Gasteiger partial charge in [-0.3, -0.25) is 0 Å². The van der Waals surface area contributed by atoms with Gasteiger partial charge in [-0.15, -0.1) is 0 Å². The van der Waals surface area contributed by atoms with E-state index in [1.165, 1.54) is 0 Å². The van der Waals surface area contributed by atoms with Crippen LogP contribution in [-0.4, -0.2) is 128 Å². The first-order chi connectivity index (χ1) is 2.00. The first-order valence-electron chi connectivity index (χ1n) is 0.816. The molecule has 0 aliphatic rings. The van der Waals surface area contributed by atoms with Gasteiger partial charge in [-0.2, -0.15) is 0 Å². The van der Waals surface area contributed by atoms with Gasteiger partial charge in [-0.1, -0.05) is 0 Å². The van der Waals surface area contributed by atoms with E-state index in [0.717, 1.165) is 0 Å². The summed E-state index contributed by atoms with van der Waals surface area (Å²) in [5.41, 5.74) is 0. The standard InChI is InChI=1S/3Ca.O4Si.H2O/c;;;1-5(2,3)4;/h;;;;1H2/q;2*+2;-4;. The maximum atomic E-state index is 8.58. The van der Waals surface area contributed by atoms with Crippen molar-refractivity contribution in [2.24, 2.45) is 0 Å². The first kappa shape index (κ1) is 29.3. The quantitative estimate of drug-likeness (QED) is 0.383. The van der Waals surface area contributed by atoms with E-state index in [1.807, 2.05) is 0 Å². The van der Waals surface area contributed by atoms with Crippen LogP contribution in [0.15, 0.2) is 0 Å². The Bertz CT molecular complexity index is 27.7. The molecule has 0 unspecified atom stereocenters. The van der Waals surface area contributed by atoms with Crippen molar-refractivity contribution in [3.63, 3.8) is 0 Å². The van der Waals surface area contributed by atoms with Crippen LogP contribution in [-0.2, 0) is 0 Å². The molecule has 0 saturated carbocycles. The third kappa shape index (κ3) is 78.6. The third-order valence-electron chi connectivity index (χ3n) is 0. The summed E-state index contributed by atoms with van der Waals surface area (Å²) < 4.78 is 0. The molecule has 0 aliphatic carbocycles. The molecule has 9 heavy (non-hydrogen) atoms. The molecule has 0 bridgehead atoms. The maximum Gasteiger partial charge on any atom is 2.00 e. The molecule has 5 nitrogen and oxygen atoms in total. The average Bonchev–Trinajstić information content (AvgIpc) is 0.722. The first-order valence-corrected chi connectivity index (χ1v) is 2.45. The van der Waals surface area contributed by atoms with Gasteiger partial charge in [-0.25, -0.2) is 0 Å². The Hall–Kier alpha value is 3.80. The van der Waals surface area contributed by atoms with Gasteiger partial charge in [0, 0.05) is 37.7 Å². The normalized spacial score (nSPS) is 6.67. The predicted octanol–water partition coefficient (Wildman–Crippen LogP) is -7.10. The Balaban J connectivity index is -0.0000000133. The van der Waals surface area contributed by atoms with E-state index in [0.29, 0.717) is 0 Å². The number of hydrogen-bond acceptors (Lipinski definition) is 4. The Morgan fingerprint density at radius 1 is 0.778 bits per heavy atom. The van der Waals surface area contributed by atoms with E-state index >= 15 is 0 Å². The maximum absolute atomic E-state index is 8.58. The van der Waals surface area contributed by atoms with Crippen LogP contribution in [0, 0.1) is 0 Å². The Morgan fingerprint density at radius 3 is 0.778 bits per heavy atom. The van der Waals surface area contributed by atoms with Crippen LogP contribution < -0.4 is 19.2 Å². The number of hydrogen-bond donors (Lipinski definition) is 0. The molecular weight excluding hydrogens is 228 g/mol. The molecule has 0 rings (SSSR count). The molecule has 0 aromatic rings. The molecule has 0 aromatic carbocycles. The molecule has 0 aliphatic heterocycles. The summed E-state index contributed by atoms with van der Waals surface area (Å²) >= 11 is 0. The minimum atomic E-state index is -5.61. The van der Waals surface area contributed by atoms with Gasteiger partial charge in [0.1, 0.15) is 0 Å². The summed E-state index contributed by atoms with van der Waals surface area (Å²) in [4.78, 5) is 34.3. The molecule has 9 heteroatoms. The van der Waals surface area contributed by atoms with E-state index in [2.05, 4.69) is 0 Å². The smallest absolute Gasteiger partial charge is 0.894 e. The van der Waals surface area contributed by atoms with Crippen molar-refractivity contribution in [1.82, 2.24) is 0 Å². The zero-order valence-corrected chi connectivity index (χ0v) is 12.4. The predicted molar refractivity (Wildman–Crippen MR) is 26.6 cm³/mol.